The number of ether oxygens (including phenoxy) is 1. The molecule has 2 heterocycles. The van der Waals surface area contributed by atoms with Crippen molar-refractivity contribution in [2.45, 2.75) is 6.10 Å². The largest absolute Gasteiger partial charge is 0.389 e. The van der Waals surface area contributed by atoms with Gasteiger partial charge in [0.15, 0.2) is 17.1 Å². The van der Waals surface area contributed by atoms with E-state index in [0.717, 1.165) is 11.2 Å². The number of anilines is 1. The summed E-state index contributed by atoms with van der Waals surface area (Å²) in [5.41, 5.74) is 0.498. The number of hydrogen-bond acceptors (Lipinski definition) is 6. The maximum Gasteiger partial charge on any atom is 0.196 e. The van der Waals surface area contributed by atoms with Crippen LogP contribution in [0.15, 0.2) is 11.6 Å². The van der Waals surface area contributed by atoms with Gasteiger partial charge in [-0.25, -0.2) is 4.98 Å². The van der Waals surface area contributed by atoms with Crippen LogP contribution in [0.3, 0.4) is 0 Å². The van der Waals surface area contributed by atoms with E-state index in [0.29, 0.717) is 18.1 Å². The Morgan fingerprint density at radius 3 is 3.17 bits per heavy atom. The van der Waals surface area contributed by atoms with Gasteiger partial charge < -0.3 is 14.7 Å². The van der Waals surface area contributed by atoms with E-state index in [2.05, 4.69) is 4.98 Å². The number of nitrogens with zero attached hydrogens (tertiary/aromatic N) is 3. The van der Waals surface area contributed by atoms with Gasteiger partial charge >= 0.3 is 0 Å². The second-order valence-electron chi connectivity index (χ2n) is 3.98. The molecule has 7 heteroatoms. The van der Waals surface area contributed by atoms with Crippen LogP contribution in [0.2, 0.25) is 0 Å². The Hall–Kier alpha value is -1.44. The maximum absolute atomic E-state index is 11.1. The molecule has 0 radical (unpaired) electrons. The van der Waals surface area contributed by atoms with Crippen LogP contribution in [0, 0.1) is 0 Å². The van der Waals surface area contributed by atoms with Crippen molar-refractivity contribution in [3.05, 3.63) is 17.3 Å². The summed E-state index contributed by atoms with van der Waals surface area (Å²) in [5, 5.41) is 11.6. The number of imidazole rings is 1. The number of aliphatic hydroxyl groups is 1. The minimum Gasteiger partial charge on any atom is -0.389 e. The molecule has 0 bridgehead atoms. The van der Waals surface area contributed by atoms with Crippen LogP contribution >= 0.6 is 11.3 Å². The lowest BCUT2D eigenvalue weighted by atomic mass is 10.3. The van der Waals surface area contributed by atoms with Gasteiger partial charge in [0.25, 0.3) is 0 Å². The van der Waals surface area contributed by atoms with Crippen LogP contribution in [0.25, 0.3) is 4.96 Å². The van der Waals surface area contributed by atoms with E-state index < -0.39 is 6.10 Å². The van der Waals surface area contributed by atoms with Crippen LogP contribution in [0.4, 0.5) is 5.82 Å². The summed E-state index contributed by atoms with van der Waals surface area (Å²) in [7, 11) is 3.32. The average molecular weight is 269 g/mol. The summed E-state index contributed by atoms with van der Waals surface area (Å²) in [6.07, 6.45) is 1.97. The number of aliphatic hydroxyl groups excluding tert-OH is 1. The van der Waals surface area contributed by atoms with Crippen LogP contribution < -0.4 is 4.90 Å². The molecule has 1 unspecified atom stereocenters. The molecule has 0 aliphatic heterocycles. The predicted molar refractivity (Wildman–Crippen MR) is 69.6 cm³/mol. The van der Waals surface area contributed by atoms with Crippen molar-refractivity contribution in [2.75, 3.05) is 32.2 Å². The highest BCUT2D eigenvalue weighted by Crippen LogP contribution is 2.22. The molecule has 0 amide bonds. The van der Waals surface area contributed by atoms with E-state index in [4.69, 9.17) is 4.74 Å². The van der Waals surface area contributed by atoms with Crippen molar-refractivity contribution >= 4 is 28.4 Å². The number of carbonyl (C=O) groups excluding carboxylic acids is 1. The number of thiazole rings is 1. The average Bonchev–Trinajstić information content (AvgIpc) is 2.87. The highest BCUT2D eigenvalue weighted by Gasteiger charge is 2.18. The third-order valence-electron chi connectivity index (χ3n) is 2.60. The Morgan fingerprint density at radius 1 is 1.72 bits per heavy atom. The summed E-state index contributed by atoms with van der Waals surface area (Å²) in [6.45, 7) is 0.614. The Morgan fingerprint density at radius 2 is 2.50 bits per heavy atom. The highest BCUT2D eigenvalue weighted by molar-refractivity contribution is 7.15. The monoisotopic (exact) mass is 269 g/mol. The number of aldehydes is 1. The first-order valence-electron chi connectivity index (χ1n) is 5.46. The lowest BCUT2D eigenvalue weighted by Crippen LogP contribution is -2.32. The Kier molecular flexibility index (Phi) is 3.95. The lowest BCUT2D eigenvalue weighted by molar-refractivity contribution is 0.0694. The van der Waals surface area contributed by atoms with Gasteiger partial charge in [-0.15, -0.1) is 11.3 Å². The fourth-order valence-electron chi connectivity index (χ4n) is 1.83. The summed E-state index contributed by atoms with van der Waals surface area (Å²) in [4.78, 5) is 18.0. The molecule has 6 nitrogen and oxygen atoms in total. The van der Waals surface area contributed by atoms with Gasteiger partial charge in [-0.1, -0.05) is 0 Å². The second kappa shape index (κ2) is 5.47. The van der Waals surface area contributed by atoms with E-state index >= 15 is 0 Å². The summed E-state index contributed by atoms with van der Waals surface area (Å²) < 4.78 is 6.61. The molecule has 1 atom stereocenters. The first-order valence-corrected chi connectivity index (χ1v) is 6.34. The molecule has 0 saturated heterocycles. The molecule has 0 saturated carbocycles. The third-order valence-corrected chi connectivity index (χ3v) is 3.35. The number of methoxy groups -OCH3 is 1. The SMILES string of the molecule is COCC(O)CN(C)c1nc2sccn2c1C=O. The van der Waals surface area contributed by atoms with Crippen molar-refractivity contribution in [3.8, 4) is 0 Å². The molecule has 2 rings (SSSR count). The molecular weight excluding hydrogens is 254 g/mol. The predicted octanol–water partition coefficient (Wildman–Crippen LogP) is 0.652. The molecule has 98 valence electrons. The normalized spacial score (nSPS) is 12.8. The maximum atomic E-state index is 11.1. The number of aromatic nitrogens is 2. The summed E-state index contributed by atoms with van der Waals surface area (Å²) in [6, 6.07) is 0. The molecule has 2 aromatic heterocycles. The molecule has 0 aliphatic rings. The second-order valence-corrected chi connectivity index (χ2v) is 4.86. The van der Waals surface area contributed by atoms with E-state index in [1.807, 2.05) is 5.38 Å². The molecular formula is C11H15N3O3S. The number of hydrogen-bond donors (Lipinski definition) is 1. The zero-order chi connectivity index (χ0) is 13.1. The summed E-state index contributed by atoms with van der Waals surface area (Å²) >= 11 is 1.46. The number of carbonyl (C=O) groups is 1. The quantitative estimate of drug-likeness (QED) is 0.780. The van der Waals surface area contributed by atoms with Gasteiger partial charge in [-0.3, -0.25) is 9.20 Å². The number of fused-ring (bicyclic) bond motifs is 1. The Balaban J connectivity index is 2.23. The van der Waals surface area contributed by atoms with Crippen LogP contribution in [0.1, 0.15) is 10.5 Å². The van der Waals surface area contributed by atoms with Gasteiger partial charge in [-0.2, -0.15) is 0 Å². The van der Waals surface area contributed by atoms with Crippen LogP contribution in [0.5, 0.6) is 0 Å². The minimum absolute atomic E-state index is 0.253. The van der Waals surface area contributed by atoms with Crippen LogP contribution in [-0.4, -0.2) is 54.2 Å². The first-order chi connectivity index (χ1) is 8.67. The smallest absolute Gasteiger partial charge is 0.196 e. The molecule has 0 aromatic carbocycles. The molecule has 0 aliphatic carbocycles. The van der Waals surface area contributed by atoms with Crippen molar-refractivity contribution in [3.63, 3.8) is 0 Å². The Bertz CT molecular complexity index is 537. The van der Waals surface area contributed by atoms with Gasteiger partial charge in [0, 0.05) is 32.3 Å². The number of likely N-dealkylation sites (N-methyl/N-ethyl adjacent to an activating group) is 1. The van der Waals surface area contributed by atoms with E-state index in [1.165, 1.54) is 18.4 Å². The topological polar surface area (TPSA) is 67.1 Å². The first kappa shape index (κ1) is 13.0. The molecule has 2 aromatic rings. The van der Waals surface area contributed by atoms with Crippen molar-refractivity contribution in [1.82, 2.24) is 9.38 Å². The van der Waals surface area contributed by atoms with Gasteiger partial charge in [0.2, 0.25) is 0 Å². The Labute approximate surface area is 108 Å². The fourth-order valence-corrected chi connectivity index (χ4v) is 2.55. The van der Waals surface area contributed by atoms with E-state index in [9.17, 15) is 9.90 Å². The molecule has 0 spiro atoms. The molecule has 18 heavy (non-hydrogen) atoms. The van der Waals surface area contributed by atoms with Crippen molar-refractivity contribution < 1.29 is 14.6 Å². The number of rotatable bonds is 6. The lowest BCUT2D eigenvalue weighted by Gasteiger charge is -2.20. The standard InChI is InChI=1S/C11H15N3O3S/c1-13(5-8(16)7-17-2)10-9(6-15)14-3-4-18-11(14)12-10/h3-4,6,8,16H,5,7H2,1-2H3. The van der Waals surface area contributed by atoms with Crippen LogP contribution in [-0.2, 0) is 4.74 Å². The van der Waals surface area contributed by atoms with E-state index in [-0.39, 0.29) is 6.61 Å². The van der Waals surface area contributed by atoms with Crippen molar-refractivity contribution in [1.29, 1.82) is 0 Å². The van der Waals surface area contributed by atoms with E-state index in [1.54, 1.807) is 22.5 Å². The van der Waals surface area contributed by atoms with Gasteiger partial charge in [0.05, 0.1) is 12.7 Å². The summed E-state index contributed by atoms with van der Waals surface area (Å²) in [5.74, 6) is 0.576. The fraction of sp³-hybridized carbons (Fsp3) is 0.455. The molecule has 1 N–H and O–H groups in total. The van der Waals surface area contributed by atoms with Gasteiger partial charge in [0.1, 0.15) is 5.69 Å². The zero-order valence-electron chi connectivity index (χ0n) is 10.2. The zero-order valence-corrected chi connectivity index (χ0v) is 11.1. The minimum atomic E-state index is -0.612. The highest BCUT2D eigenvalue weighted by atomic mass is 32.1. The molecule has 0 fully saturated rings. The van der Waals surface area contributed by atoms with Gasteiger partial charge in [-0.05, 0) is 0 Å². The van der Waals surface area contributed by atoms with Crippen molar-refractivity contribution in [2.24, 2.45) is 0 Å². The third kappa shape index (κ3) is 2.38.